The van der Waals surface area contributed by atoms with Crippen LogP contribution in [0.3, 0.4) is 0 Å². The number of nitrogens with zero attached hydrogens (tertiary/aromatic N) is 3. The van der Waals surface area contributed by atoms with Gasteiger partial charge in [0.25, 0.3) is 0 Å². The molecular formula is C22H20F3N3O2. The van der Waals surface area contributed by atoms with Crippen LogP contribution in [0.25, 0.3) is 11.4 Å². The highest BCUT2D eigenvalue weighted by Crippen LogP contribution is 2.33. The summed E-state index contributed by atoms with van der Waals surface area (Å²) in [6, 6.07) is 12.9. The number of benzene rings is 2. The number of carbonyl (C=O) groups excluding carboxylic acids is 1. The quantitative estimate of drug-likeness (QED) is 0.610. The molecule has 2 heterocycles. The molecule has 1 aliphatic heterocycles. The van der Waals surface area contributed by atoms with E-state index < -0.39 is 11.7 Å². The molecule has 1 aromatic heterocycles. The lowest BCUT2D eigenvalue weighted by atomic mass is 10.1. The van der Waals surface area contributed by atoms with Gasteiger partial charge in [-0.25, -0.2) is 0 Å². The highest BCUT2D eigenvalue weighted by Gasteiger charge is 2.34. The van der Waals surface area contributed by atoms with Crippen molar-refractivity contribution in [2.45, 2.75) is 31.9 Å². The van der Waals surface area contributed by atoms with Crippen molar-refractivity contribution in [1.82, 2.24) is 15.0 Å². The van der Waals surface area contributed by atoms with Gasteiger partial charge in [0, 0.05) is 25.1 Å². The predicted octanol–water partition coefficient (Wildman–Crippen LogP) is 4.62. The molecular weight excluding hydrogens is 395 g/mol. The maximum absolute atomic E-state index is 12.9. The van der Waals surface area contributed by atoms with Crippen molar-refractivity contribution in [3.8, 4) is 11.4 Å². The van der Waals surface area contributed by atoms with Crippen molar-refractivity contribution in [2.24, 2.45) is 0 Å². The Morgan fingerprint density at radius 3 is 2.73 bits per heavy atom. The molecule has 1 unspecified atom stereocenters. The fourth-order valence-corrected chi connectivity index (χ4v) is 3.64. The predicted molar refractivity (Wildman–Crippen MR) is 104 cm³/mol. The van der Waals surface area contributed by atoms with E-state index in [9.17, 15) is 18.0 Å². The molecule has 4 rings (SSSR count). The Labute approximate surface area is 171 Å². The lowest BCUT2D eigenvalue weighted by Gasteiger charge is -2.16. The summed E-state index contributed by atoms with van der Waals surface area (Å²) in [5.41, 5.74) is 1.78. The van der Waals surface area contributed by atoms with Crippen molar-refractivity contribution in [1.29, 1.82) is 0 Å². The average Bonchev–Trinajstić information content (AvgIpc) is 3.33. The lowest BCUT2D eigenvalue weighted by Crippen LogP contribution is -2.27. The first-order valence-corrected chi connectivity index (χ1v) is 9.64. The third-order valence-electron chi connectivity index (χ3n) is 5.21. The van der Waals surface area contributed by atoms with Crippen LogP contribution >= 0.6 is 0 Å². The summed E-state index contributed by atoms with van der Waals surface area (Å²) < 4.78 is 44.1. The first-order chi connectivity index (χ1) is 14.3. The molecule has 1 fully saturated rings. The second-order valence-corrected chi connectivity index (χ2v) is 7.51. The van der Waals surface area contributed by atoms with Crippen LogP contribution in [0.15, 0.2) is 53.1 Å². The van der Waals surface area contributed by atoms with E-state index in [0.717, 1.165) is 24.1 Å². The van der Waals surface area contributed by atoms with Crippen LogP contribution < -0.4 is 0 Å². The minimum absolute atomic E-state index is 0.00599. The van der Waals surface area contributed by atoms with Gasteiger partial charge in [-0.15, -0.1) is 0 Å². The summed E-state index contributed by atoms with van der Waals surface area (Å²) in [7, 11) is 0. The maximum atomic E-state index is 12.9. The molecule has 0 saturated carbocycles. The van der Waals surface area contributed by atoms with E-state index in [1.807, 2.05) is 25.1 Å². The molecule has 0 N–H and O–H groups in total. The van der Waals surface area contributed by atoms with Gasteiger partial charge >= 0.3 is 6.18 Å². The third-order valence-corrected chi connectivity index (χ3v) is 5.21. The molecule has 1 aliphatic rings. The van der Waals surface area contributed by atoms with Crippen molar-refractivity contribution in [2.75, 3.05) is 13.1 Å². The van der Waals surface area contributed by atoms with E-state index >= 15 is 0 Å². The van der Waals surface area contributed by atoms with Gasteiger partial charge in [0.15, 0.2) is 0 Å². The number of halogens is 3. The monoisotopic (exact) mass is 415 g/mol. The Morgan fingerprint density at radius 1 is 1.17 bits per heavy atom. The van der Waals surface area contributed by atoms with Crippen LogP contribution in [0.1, 0.15) is 34.9 Å². The zero-order valence-electron chi connectivity index (χ0n) is 16.3. The second kappa shape index (κ2) is 7.93. The first-order valence-electron chi connectivity index (χ1n) is 9.64. The number of carbonyl (C=O) groups is 1. The van der Waals surface area contributed by atoms with Crippen molar-refractivity contribution in [3.63, 3.8) is 0 Å². The molecule has 30 heavy (non-hydrogen) atoms. The zero-order chi connectivity index (χ0) is 21.3. The van der Waals surface area contributed by atoms with Gasteiger partial charge < -0.3 is 9.42 Å². The summed E-state index contributed by atoms with van der Waals surface area (Å²) >= 11 is 0. The Hall–Kier alpha value is -3.16. The Morgan fingerprint density at radius 2 is 1.97 bits per heavy atom. The maximum Gasteiger partial charge on any atom is 0.416 e. The number of likely N-dealkylation sites (tertiary alicyclic amines) is 1. The number of hydrogen-bond acceptors (Lipinski definition) is 4. The van der Waals surface area contributed by atoms with Gasteiger partial charge in [0.05, 0.1) is 11.5 Å². The summed E-state index contributed by atoms with van der Waals surface area (Å²) in [6.07, 6.45) is -3.45. The second-order valence-electron chi connectivity index (χ2n) is 7.51. The Balaban J connectivity index is 1.43. The summed E-state index contributed by atoms with van der Waals surface area (Å²) in [4.78, 5) is 18.4. The van der Waals surface area contributed by atoms with Crippen LogP contribution in [0.4, 0.5) is 13.2 Å². The van der Waals surface area contributed by atoms with Gasteiger partial charge in [-0.1, -0.05) is 47.1 Å². The number of aryl methyl sites for hydroxylation is 1. The Bertz CT molecular complexity index is 1060. The van der Waals surface area contributed by atoms with E-state index in [1.54, 1.807) is 4.90 Å². The zero-order valence-corrected chi connectivity index (χ0v) is 16.3. The molecule has 2 aromatic carbocycles. The normalized spacial score (nSPS) is 17.0. The fourth-order valence-electron chi connectivity index (χ4n) is 3.64. The van der Waals surface area contributed by atoms with Crippen molar-refractivity contribution < 1.29 is 22.5 Å². The van der Waals surface area contributed by atoms with Crippen LogP contribution in [0, 0.1) is 6.92 Å². The summed E-state index contributed by atoms with van der Waals surface area (Å²) in [5, 5.41) is 3.82. The molecule has 0 radical (unpaired) electrons. The molecule has 1 saturated heterocycles. The SMILES string of the molecule is Cc1cccc(CCN2CC(c3nc(-c4cccc(C(F)(F)F)c4)no3)CC2=O)c1. The molecule has 1 atom stereocenters. The van der Waals surface area contributed by atoms with E-state index in [4.69, 9.17) is 4.52 Å². The highest BCUT2D eigenvalue weighted by atomic mass is 19.4. The van der Waals surface area contributed by atoms with Crippen LogP contribution in [0.2, 0.25) is 0 Å². The summed E-state index contributed by atoms with van der Waals surface area (Å²) in [6.45, 7) is 3.07. The minimum atomic E-state index is -4.45. The first kappa shape index (κ1) is 20.1. The van der Waals surface area contributed by atoms with Crippen molar-refractivity contribution in [3.05, 3.63) is 71.1 Å². The fraction of sp³-hybridized carbons (Fsp3) is 0.318. The van der Waals surface area contributed by atoms with E-state index in [1.165, 1.54) is 17.7 Å². The molecule has 0 aliphatic carbocycles. The van der Waals surface area contributed by atoms with Crippen LogP contribution in [0.5, 0.6) is 0 Å². The van der Waals surface area contributed by atoms with E-state index in [-0.39, 0.29) is 35.5 Å². The number of aromatic nitrogens is 2. The number of rotatable bonds is 5. The average molecular weight is 415 g/mol. The smallest absolute Gasteiger partial charge is 0.342 e. The van der Waals surface area contributed by atoms with Gasteiger partial charge in [-0.3, -0.25) is 4.79 Å². The molecule has 5 nitrogen and oxygen atoms in total. The molecule has 3 aromatic rings. The molecule has 156 valence electrons. The molecule has 0 bridgehead atoms. The van der Waals surface area contributed by atoms with Gasteiger partial charge in [-0.05, 0) is 31.0 Å². The highest BCUT2D eigenvalue weighted by molar-refractivity contribution is 5.79. The summed E-state index contributed by atoms with van der Waals surface area (Å²) in [5.74, 6) is 0.101. The third kappa shape index (κ3) is 4.37. The van der Waals surface area contributed by atoms with Gasteiger partial charge in [0.2, 0.25) is 17.6 Å². The molecule has 0 spiro atoms. The lowest BCUT2D eigenvalue weighted by molar-refractivity contribution is -0.137. The number of hydrogen-bond donors (Lipinski definition) is 0. The minimum Gasteiger partial charge on any atom is -0.342 e. The van der Waals surface area contributed by atoms with Crippen LogP contribution in [-0.2, 0) is 17.4 Å². The van der Waals surface area contributed by atoms with E-state index in [0.29, 0.717) is 13.1 Å². The largest absolute Gasteiger partial charge is 0.416 e. The van der Waals surface area contributed by atoms with Gasteiger partial charge in [-0.2, -0.15) is 18.2 Å². The van der Waals surface area contributed by atoms with Gasteiger partial charge in [0.1, 0.15) is 0 Å². The Kier molecular flexibility index (Phi) is 5.32. The molecule has 1 amide bonds. The standard InChI is InChI=1S/C22H20F3N3O2/c1-14-4-2-5-15(10-14)8-9-28-13-17(12-19(28)29)21-26-20(27-30-21)16-6-3-7-18(11-16)22(23,24)25/h2-7,10-11,17H,8-9,12-13H2,1H3. The number of amides is 1. The topological polar surface area (TPSA) is 59.2 Å². The number of alkyl halides is 3. The van der Waals surface area contributed by atoms with Crippen LogP contribution in [-0.4, -0.2) is 34.0 Å². The van der Waals surface area contributed by atoms with E-state index in [2.05, 4.69) is 16.2 Å². The molecule has 8 heteroatoms. The van der Waals surface area contributed by atoms with Crippen molar-refractivity contribution >= 4 is 5.91 Å².